The van der Waals surface area contributed by atoms with Gasteiger partial charge in [0.05, 0.1) is 5.69 Å². The van der Waals surface area contributed by atoms with Crippen molar-refractivity contribution in [1.29, 1.82) is 0 Å². The number of anilines is 1. The summed E-state index contributed by atoms with van der Waals surface area (Å²) in [6.07, 6.45) is 5.64. The van der Waals surface area contributed by atoms with Crippen molar-refractivity contribution in [2.75, 3.05) is 18.8 Å². The van der Waals surface area contributed by atoms with Gasteiger partial charge in [-0.3, -0.25) is 4.79 Å². The molecular formula is C18H25FN2O. The van der Waals surface area contributed by atoms with Gasteiger partial charge in [-0.2, -0.15) is 0 Å². The molecule has 1 aromatic rings. The summed E-state index contributed by atoms with van der Waals surface area (Å²) in [7, 11) is 0. The Morgan fingerprint density at radius 2 is 1.77 bits per heavy atom. The van der Waals surface area contributed by atoms with Gasteiger partial charge in [-0.05, 0) is 74.9 Å². The van der Waals surface area contributed by atoms with Gasteiger partial charge in [-0.25, -0.2) is 4.39 Å². The zero-order valence-electron chi connectivity index (χ0n) is 13.3. The summed E-state index contributed by atoms with van der Waals surface area (Å²) in [5.41, 5.74) is 8.09. The Kier molecular flexibility index (Phi) is 4.48. The molecule has 3 rings (SSSR count). The number of aryl methyl sites for hydroxylation is 1. The topological polar surface area (TPSA) is 46.3 Å². The van der Waals surface area contributed by atoms with Crippen LogP contribution in [0.3, 0.4) is 0 Å². The first-order chi connectivity index (χ1) is 10.5. The summed E-state index contributed by atoms with van der Waals surface area (Å²) in [5, 5.41) is 0. The van der Waals surface area contributed by atoms with Crippen molar-refractivity contribution in [3.63, 3.8) is 0 Å². The molecule has 1 saturated carbocycles. The molecule has 0 aromatic heterocycles. The Balaban J connectivity index is 1.62. The van der Waals surface area contributed by atoms with Gasteiger partial charge in [0.15, 0.2) is 0 Å². The molecule has 0 amide bonds. The number of carbonyl (C=O) groups is 1. The maximum Gasteiger partial charge on any atom is 0.146 e. The van der Waals surface area contributed by atoms with Crippen LogP contribution >= 0.6 is 0 Å². The lowest BCUT2D eigenvalue weighted by atomic mass is 9.84. The number of nitrogen functional groups attached to an aromatic ring is 1. The normalized spacial score (nSPS) is 22.2. The summed E-state index contributed by atoms with van der Waals surface area (Å²) in [4.78, 5) is 13.9. The van der Waals surface area contributed by atoms with E-state index in [1.54, 1.807) is 12.1 Å². The highest BCUT2D eigenvalue weighted by Gasteiger charge is 2.29. The lowest BCUT2D eigenvalue weighted by Gasteiger charge is -2.39. The third-order valence-corrected chi connectivity index (χ3v) is 5.38. The highest BCUT2D eigenvalue weighted by molar-refractivity contribution is 5.79. The Bertz CT molecular complexity index is 554. The summed E-state index contributed by atoms with van der Waals surface area (Å²) in [5.74, 6) is 0.546. The second-order valence-corrected chi connectivity index (χ2v) is 6.81. The number of likely N-dealkylation sites (tertiary alicyclic amines) is 1. The fraction of sp³-hybridized carbons (Fsp3) is 0.611. The number of rotatable bonds is 2. The largest absolute Gasteiger partial charge is 0.396 e. The van der Waals surface area contributed by atoms with Gasteiger partial charge in [0, 0.05) is 18.9 Å². The van der Waals surface area contributed by atoms with Crippen LogP contribution in [0, 0.1) is 12.7 Å². The highest BCUT2D eigenvalue weighted by Crippen LogP contribution is 2.34. The molecule has 3 nitrogen and oxygen atoms in total. The molecule has 0 radical (unpaired) electrons. The number of hydrogen-bond acceptors (Lipinski definition) is 3. The number of Topliss-reactive ketones (excluding diaryl/α,β-unsaturated/α-hetero) is 1. The molecule has 0 spiro atoms. The number of nitrogens with zero attached hydrogens (tertiary/aromatic N) is 1. The lowest BCUT2D eigenvalue weighted by molar-refractivity contribution is -0.121. The summed E-state index contributed by atoms with van der Waals surface area (Å²) >= 11 is 0. The molecule has 22 heavy (non-hydrogen) atoms. The van der Waals surface area contributed by atoms with Gasteiger partial charge in [0.1, 0.15) is 11.6 Å². The van der Waals surface area contributed by atoms with Crippen LogP contribution in [0.25, 0.3) is 0 Å². The fourth-order valence-corrected chi connectivity index (χ4v) is 4.02. The van der Waals surface area contributed by atoms with E-state index >= 15 is 0 Å². The molecule has 2 N–H and O–H groups in total. The van der Waals surface area contributed by atoms with E-state index in [1.165, 1.54) is 0 Å². The molecule has 1 aromatic carbocycles. The van der Waals surface area contributed by atoms with Gasteiger partial charge in [0.2, 0.25) is 0 Å². The first kappa shape index (κ1) is 15.5. The molecule has 120 valence electrons. The molecule has 0 atom stereocenters. The van der Waals surface area contributed by atoms with E-state index < -0.39 is 0 Å². The molecule has 2 fully saturated rings. The molecule has 1 saturated heterocycles. The summed E-state index contributed by atoms with van der Waals surface area (Å²) < 4.78 is 13.8. The van der Waals surface area contributed by atoms with Crippen LogP contribution in [0.5, 0.6) is 0 Å². The SMILES string of the molecule is Cc1cc(N)c(F)cc1C1CCN(C2CCC(=O)CC2)CC1. The number of nitrogens with two attached hydrogens (primary N) is 1. The Hall–Kier alpha value is -1.42. The Labute approximate surface area is 131 Å². The zero-order chi connectivity index (χ0) is 15.7. The van der Waals surface area contributed by atoms with Gasteiger partial charge in [-0.15, -0.1) is 0 Å². The monoisotopic (exact) mass is 304 g/mol. The number of hydrogen-bond donors (Lipinski definition) is 1. The Morgan fingerprint density at radius 1 is 1.14 bits per heavy atom. The van der Waals surface area contributed by atoms with Crippen LogP contribution < -0.4 is 5.73 Å². The average Bonchev–Trinajstić information content (AvgIpc) is 2.52. The lowest BCUT2D eigenvalue weighted by Crippen LogP contribution is -2.42. The first-order valence-electron chi connectivity index (χ1n) is 8.36. The quantitative estimate of drug-likeness (QED) is 0.852. The third-order valence-electron chi connectivity index (χ3n) is 5.38. The number of carbonyl (C=O) groups excluding carboxylic acids is 1. The molecule has 0 unspecified atom stereocenters. The molecule has 1 aliphatic heterocycles. The highest BCUT2D eigenvalue weighted by atomic mass is 19.1. The minimum atomic E-state index is -0.297. The molecule has 4 heteroatoms. The molecular weight excluding hydrogens is 279 g/mol. The average molecular weight is 304 g/mol. The van der Waals surface area contributed by atoms with E-state index in [1.807, 2.05) is 6.92 Å². The standard InChI is InChI=1S/C18H25FN2O/c1-12-10-18(20)17(19)11-16(12)13-6-8-21(9-7-13)14-2-4-15(22)5-3-14/h10-11,13-14H,2-9,20H2,1H3. The van der Waals surface area contributed by atoms with E-state index in [2.05, 4.69) is 4.90 Å². The maximum absolute atomic E-state index is 13.8. The number of halogens is 1. The van der Waals surface area contributed by atoms with Gasteiger partial charge in [0.25, 0.3) is 0 Å². The van der Waals surface area contributed by atoms with Crippen molar-refractivity contribution in [2.45, 2.75) is 57.4 Å². The molecule has 1 aliphatic carbocycles. The van der Waals surface area contributed by atoms with Gasteiger partial charge in [-0.1, -0.05) is 0 Å². The number of benzene rings is 1. The van der Waals surface area contributed by atoms with Crippen molar-refractivity contribution in [3.8, 4) is 0 Å². The zero-order valence-corrected chi connectivity index (χ0v) is 13.3. The predicted molar refractivity (Wildman–Crippen MR) is 86.4 cm³/mol. The van der Waals surface area contributed by atoms with Crippen molar-refractivity contribution in [3.05, 3.63) is 29.1 Å². The summed E-state index contributed by atoms with van der Waals surface area (Å²) in [6, 6.07) is 3.96. The van der Waals surface area contributed by atoms with Crippen LogP contribution in [0.15, 0.2) is 12.1 Å². The van der Waals surface area contributed by atoms with Crippen LogP contribution in [-0.2, 0) is 4.79 Å². The third kappa shape index (κ3) is 3.17. The molecule has 2 aliphatic rings. The van der Waals surface area contributed by atoms with Crippen LogP contribution in [0.4, 0.5) is 10.1 Å². The van der Waals surface area contributed by atoms with E-state index in [4.69, 9.17) is 5.73 Å². The minimum absolute atomic E-state index is 0.241. The van der Waals surface area contributed by atoms with E-state index in [0.717, 1.165) is 62.7 Å². The van der Waals surface area contributed by atoms with E-state index in [-0.39, 0.29) is 11.5 Å². The van der Waals surface area contributed by atoms with E-state index in [9.17, 15) is 9.18 Å². The molecule has 0 bridgehead atoms. The Morgan fingerprint density at radius 3 is 2.41 bits per heavy atom. The first-order valence-corrected chi connectivity index (χ1v) is 8.36. The second kappa shape index (κ2) is 6.37. The smallest absolute Gasteiger partial charge is 0.146 e. The van der Waals surface area contributed by atoms with Crippen LogP contribution in [-0.4, -0.2) is 29.8 Å². The predicted octanol–water partition coefficient (Wildman–Crippen LogP) is 3.41. The van der Waals surface area contributed by atoms with Gasteiger partial charge >= 0.3 is 0 Å². The van der Waals surface area contributed by atoms with Crippen molar-refractivity contribution in [1.82, 2.24) is 4.90 Å². The maximum atomic E-state index is 13.8. The van der Waals surface area contributed by atoms with Gasteiger partial charge < -0.3 is 10.6 Å². The van der Waals surface area contributed by atoms with Crippen molar-refractivity contribution >= 4 is 11.5 Å². The number of piperidine rings is 1. The fourth-order valence-electron chi connectivity index (χ4n) is 4.02. The van der Waals surface area contributed by atoms with Crippen LogP contribution in [0.2, 0.25) is 0 Å². The molecule has 1 heterocycles. The second-order valence-electron chi connectivity index (χ2n) is 6.81. The van der Waals surface area contributed by atoms with Crippen molar-refractivity contribution < 1.29 is 9.18 Å². The van der Waals surface area contributed by atoms with E-state index in [0.29, 0.717) is 17.7 Å². The summed E-state index contributed by atoms with van der Waals surface area (Å²) in [6.45, 7) is 4.12. The van der Waals surface area contributed by atoms with Crippen LogP contribution in [0.1, 0.15) is 55.6 Å². The van der Waals surface area contributed by atoms with Crippen molar-refractivity contribution in [2.24, 2.45) is 0 Å². The minimum Gasteiger partial charge on any atom is -0.396 e. The number of ketones is 1.